The van der Waals surface area contributed by atoms with Crippen LogP contribution in [-0.4, -0.2) is 14.9 Å². The van der Waals surface area contributed by atoms with Gasteiger partial charge in [-0.25, -0.2) is 9.77 Å². The fraction of sp³-hybridized carbons (Fsp3) is 0.111. The molecule has 78 valence electrons. The number of hydrogen-bond acceptors (Lipinski definition) is 3. The van der Waals surface area contributed by atoms with Crippen LogP contribution in [-0.2, 0) is 0 Å². The minimum atomic E-state index is 0.410. The Balaban J connectivity index is 2.64. The van der Waals surface area contributed by atoms with Crippen LogP contribution < -0.4 is 5.84 Å². The lowest BCUT2D eigenvalue weighted by atomic mass is 10.1. The van der Waals surface area contributed by atoms with E-state index in [1.165, 1.54) is 4.68 Å². The Morgan fingerprint density at radius 2 is 2.27 bits per heavy atom. The van der Waals surface area contributed by atoms with Crippen molar-refractivity contribution in [2.75, 3.05) is 5.84 Å². The van der Waals surface area contributed by atoms with E-state index >= 15 is 0 Å². The number of aromatic amines is 1. The highest BCUT2D eigenvalue weighted by atomic mass is 79.9. The number of nitrogens with one attached hydrogen (secondary N) is 1. The summed E-state index contributed by atoms with van der Waals surface area (Å²) >= 11 is 8.36. The van der Waals surface area contributed by atoms with Gasteiger partial charge in [-0.1, -0.05) is 15.9 Å². The number of halogens is 1. The van der Waals surface area contributed by atoms with E-state index in [1.807, 2.05) is 25.1 Å². The first-order valence-corrected chi connectivity index (χ1v) is 5.49. The molecule has 2 aromatic rings. The molecule has 4 nitrogen and oxygen atoms in total. The van der Waals surface area contributed by atoms with Crippen molar-refractivity contribution in [1.29, 1.82) is 0 Å². The third kappa shape index (κ3) is 1.82. The van der Waals surface area contributed by atoms with E-state index in [1.54, 1.807) is 0 Å². The smallest absolute Gasteiger partial charge is 0.214 e. The molecule has 6 heteroatoms. The van der Waals surface area contributed by atoms with E-state index in [9.17, 15) is 0 Å². The Labute approximate surface area is 100 Å². The molecular weight excluding hydrogens is 276 g/mol. The van der Waals surface area contributed by atoms with Crippen molar-refractivity contribution in [3.8, 4) is 11.4 Å². The summed E-state index contributed by atoms with van der Waals surface area (Å²) in [6, 6.07) is 5.90. The second-order valence-electron chi connectivity index (χ2n) is 3.18. The van der Waals surface area contributed by atoms with Gasteiger partial charge in [0.1, 0.15) is 0 Å². The fourth-order valence-corrected chi connectivity index (χ4v) is 1.98. The van der Waals surface area contributed by atoms with Gasteiger partial charge in [-0.2, -0.15) is 5.10 Å². The maximum absolute atomic E-state index is 5.75. The predicted octanol–water partition coefficient (Wildman–Crippen LogP) is 2.39. The van der Waals surface area contributed by atoms with Crippen molar-refractivity contribution in [3.05, 3.63) is 33.0 Å². The molecule has 0 radical (unpaired) electrons. The second-order valence-corrected chi connectivity index (χ2v) is 4.48. The van der Waals surface area contributed by atoms with E-state index in [4.69, 9.17) is 18.1 Å². The van der Waals surface area contributed by atoms with Crippen LogP contribution in [0.4, 0.5) is 0 Å². The summed E-state index contributed by atoms with van der Waals surface area (Å²) in [7, 11) is 0. The van der Waals surface area contributed by atoms with Gasteiger partial charge in [0.25, 0.3) is 0 Å². The standard InChI is InChI=1S/C9H9BrN4S/c1-5-4-6(10)2-3-7(5)8-12-13-9(15)14(8)11/h2-4H,11H2,1H3,(H,13,15). The summed E-state index contributed by atoms with van der Waals surface area (Å²) < 4.78 is 2.81. The normalized spacial score (nSPS) is 10.5. The van der Waals surface area contributed by atoms with E-state index in [-0.39, 0.29) is 0 Å². The van der Waals surface area contributed by atoms with Crippen LogP contribution in [0, 0.1) is 11.7 Å². The van der Waals surface area contributed by atoms with Crippen molar-refractivity contribution in [3.63, 3.8) is 0 Å². The first-order chi connectivity index (χ1) is 7.09. The number of nitrogen functional groups attached to an aromatic ring is 1. The third-order valence-corrected chi connectivity index (χ3v) is 2.92. The molecule has 0 aliphatic heterocycles. The van der Waals surface area contributed by atoms with Crippen LogP contribution >= 0.6 is 28.1 Å². The van der Waals surface area contributed by atoms with Gasteiger partial charge in [0.2, 0.25) is 4.77 Å². The van der Waals surface area contributed by atoms with Crippen molar-refractivity contribution < 1.29 is 0 Å². The zero-order valence-corrected chi connectivity index (χ0v) is 10.4. The lowest BCUT2D eigenvalue weighted by Crippen LogP contribution is -2.10. The Morgan fingerprint density at radius 1 is 1.53 bits per heavy atom. The minimum absolute atomic E-state index is 0.410. The maximum Gasteiger partial charge on any atom is 0.214 e. The van der Waals surface area contributed by atoms with Gasteiger partial charge >= 0.3 is 0 Å². The molecule has 1 heterocycles. The number of H-pyrrole nitrogens is 1. The van der Waals surface area contributed by atoms with Gasteiger partial charge in [-0.05, 0) is 42.9 Å². The first-order valence-electron chi connectivity index (χ1n) is 4.28. The predicted molar refractivity (Wildman–Crippen MR) is 65.4 cm³/mol. The molecular formula is C9H9BrN4S. The number of benzene rings is 1. The van der Waals surface area contributed by atoms with Crippen LogP contribution in [0.2, 0.25) is 0 Å². The van der Waals surface area contributed by atoms with E-state index in [2.05, 4.69) is 26.1 Å². The van der Waals surface area contributed by atoms with Gasteiger partial charge in [-0.3, -0.25) is 0 Å². The van der Waals surface area contributed by atoms with Crippen molar-refractivity contribution in [2.24, 2.45) is 0 Å². The zero-order valence-electron chi connectivity index (χ0n) is 7.99. The van der Waals surface area contributed by atoms with Gasteiger partial charge in [-0.15, -0.1) is 0 Å². The van der Waals surface area contributed by atoms with Gasteiger partial charge in [0.05, 0.1) is 0 Å². The van der Waals surface area contributed by atoms with Crippen molar-refractivity contribution in [1.82, 2.24) is 14.9 Å². The van der Waals surface area contributed by atoms with Crippen LogP contribution in [0.25, 0.3) is 11.4 Å². The number of rotatable bonds is 1. The average Bonchev–Trinajstić information content (AvgIpc) is 2.49. The summed E-state index contributed by atoms with van der Waals surface area (Å²) in [6.45, 7) is 2.00. The summed E-state index contributed by atoms with van der Waals surface area (Å²) in [5, 5.41) is 6.74. The first kappa shape index (κ1) is 10.4. The highest BCUT2D eigenvalue weighted by Gasteiger charge is 2.08. The number of hydrogen-bond donors (Lipinski definition) is 2. The molecule has 0 saturated heterocycles. The number of nitrogens with zero attached hydrogens (tertiary/aromatic N) is 2. The molecule has 0 amide bonds. The van der Waals surface area contributed by atoms with E-state index < -0.39 is 0 Å². The molecule has 0 unspecified atom stereocenters. The van der Waals surface area contributed by atoms with Gasteiger partial charge < -0.3 is 5.84 Å². The van der Waals surface area contributed by atoms with Crippen molar-refractivity contribution >= 4 is 28.1 Å². The highest BCUT2D eigenvalue weighted by molar-refractivity contribution is 9.10. The van der Waals surface area contributed by atoms with Crippen LogP contribution in [0.3, 0.4) is 0 Å². The topological polar surface area (TPSA) is 59.6 Å². The molecule has 3 N–H and O–H groups in total. The summed E-state index contributed by atoms with van der Waals surface area (Å²) in [6.07, 6.45) is 0. The molecule has 0 spiro atoms. The van der Waals surface area contributed by atoms with Crippen LogP contribution in [0.5, 0.6) is 0 Å². The number of nitrogens with two attached hydrogens (primary N) is 1. The molecule has 15 heavy (non-hydrogen) atoms. The molecule has 0 saturated carbocycles. The number of aromatic nitrogens is 3. The Morgan fingerprint density at radius 3 is 2.80 bits per heavy atom. The molecule has 1 aromatic heterocycles. The number of aryl methyl sites for hydroxylation is 1. The van der Waals surface area contributed by atoms with Gasteiger partial charge in [0.15, 0.2) is 5.82 Å². The van der Waals surface area contributed by atoms with E-state index in [0.29, 0.717) is 10.6 Å². The molecule has 0 fully saturated rings. The lowest BCUT2D eigenvalue weighted by molar-refractivity contribution is 0.983. The quantitative estimate of drug-likeness (QED) is 0.624. The molecule has 0 aliphatic rings. The summed E-state index contributed by atoms with van der Waals surface area (Å²) in [4.78, 5) is 0. The monoisotopic (exact) mass is 284 g/mol. The minimum Gasteiger partial charge on any atom is -0.335 e. The Kier molecular flexibility index (Phi) is 2.62. The fourth-order valence-electron chi connectivity index (χ4n) is 1.37. The molecule has 2 rings (SSSR count). The van der Waals surface area contributed by atoms with Crippen LogP contribution in [0.1, 0.15) is 5.56 Å². The Hall–Kier alpha value is -1.14. The second kappa shape index (κ2) is 3.79. The molecule has 0 bridgehead atoms. The lowest BCUT2D eigenvalue weighted by Gasteiger charge is -2.04. The average molecular weight is 285 g/mol. The largest absolute Gasteiger partial charge is 0.335 e. The van der Waals surface area contributed by atoms with E-state index in [0.717, 1.165) is 15.6 Å². The highest BCUT2D eigenvalue weighted by Crippen LogP contribution is 2.23. The van der Waals surface area contributed by atoms with Gasteiger partial charge in [0, 0.05) is 10.0 Å². The molecule has 1 aromatic carbocycles. The zero-order chi connectivity index (χ0) is 11.0. The van der Waals surface area contributed by atoms with Crippen molar-refractivity contribution in [2.45, 2.75) is 6.92 Å². The summed E-state index contributed by atoms with van der Waals surface area (Å²) in [5.74, 6) is 6.39. The molecule has 0 aliphatic carbocycles. The summed E-state index contributed by atoms with van der Waals surface area (Å²) in [5.41, 5.74) is 2.05. The SMILES string of the molecule is Cc1cc(Br)ccc1-c1n[nH]c(=S)n1N. The van der Waals surface area contributed by atoms with Crippen LogP contribution in [0.15, 0.2) is 22.7 Å². The molecule has 0 atom stereocenters. The Bertz CT molecular complexity index is 557. The maximum atomic E-state index is 5.75. The third-order valence-electron chi connectivity index (χ3n) is 2.13.